The smallest absolute Gasteiger partial charge is 0.0704 e. The summed E-state index contributed by atoms with van der Waals surface area (Å²) in [5, 5.41) is 0. The molecule has 1 heterocycles. The lowest BCUT2D eigenvalue weighted by Crippen LogP contribution is -1.88. The highest BCUT2D eigenvalue weighted by Gasteiger charge is 2.05. The van der Waals surface area contributed by atoms with Gasteiger partial charge in [0.05, 0.1) is 3.79 Å². The minimum absolute atomic E-state index is 1.01. The van der Waals surface area contributed by atoms with E-state index in [9.17, 15) is 0 Å². The van der Waals surface area contributed by atoms with Crippen LogP contribution in [0.5, 0.6) is 0 Å². The molecule has 0 aliphatic carbocycles. The number of allylic oxidation sites excluding steroid dienone is 1. The van der Waals surface area contributed by atoms with Crippen molar-refractivity contribution >= 4 is 27.3 Å². The van der Waals surface area contributed by atoms with Gasteiger partial charge >= 0.3 is 0 Å². The Labute approximate surface area is 106 Å². The second-order valence-corrected chi connectivity index (χ2v) is 6.32. The van der Waals surface area contributed by atoms with Crippen molar-refractivity contribution in [1.82, 2.24) is 0 Å². The summed E-state index contributed by atoms with van der Waals surface area (Å²) in [5.41, 5.74) is 1.52. The quantitative estimate of drug-likeness (QED) is 0.467. The second-order valence-electron chi connectivity index (χ2n) is 3.80. The van der Waals surface area contributed by atoms with E-state index in [1.165, 1.54) is 46.3 Å². The van der Waals surface area contributed by atoms with Gasteiger partial charge in [-0.15, -0.1) is 17.9 Å². The van der Waals surface area contributed by atoms with Crippen LogP contribution in [0.2, 0.25) is 0 Å². The molecule has 0 aromatic carbocycles. The molecule has 0 saturated heterocycles. The SMILES string of the molecule is C=CCc1sc(Br)cc1CCCCCC. The molecule has 0 radical (unpaired) electrons. The number of halogens is 1. The summed E-state index contributed by atoms with van der Waals surface area (Å²) in [7, 11) is 0. The average Bonchev–Trinajstić information content (AvgIpc) is 2.55. The maximum absolute atomic E-state index is 3.81. The van der Waals surface area contributed by atoms with Gasteiger partial charge in [-0.1, -0.05) is 32.3 Å². The molecule has 0 saturated carbocycles. The summed E-state index contributed by atoms with van der Waals surface area (Å²) in [6.07, 6.45) is 9.59. The predicted octanol–water partition coefficient (Wildman–Crippen LogP) is 5.36. The van der Waals surface area contributed by atoms with Crippen LogP contribution in [-0.4, -0.2) is 0 Å². The highest BCUT2D eigenvalue weighted by atomic mass is 79.9. The third kappa shape index (κ3) is 4.52. The zero-order valence-electron chi connectivity index (χ0n) is 9.39. The van der Waals surface area contributed by atoms with Gasteiger partial charge in [0.25, 0.3) is 0 Å². The van der Waals surface area contributed by atoms with Crippen LogP contribution in [0.15, 0.2) is 22.5 Å². The number of aryl methyl sites for hydroxylation is 1. The molecular formula is C13H19BrS. The van der Waals surface area contributed by atoms with Crippen LogP contribution in [0, 0.1) is 0 Å². The molecule has 0 fully saturated rings. The predicted molar refractivity (Wildman–Crippen MR) is 73.8 cm³/mol. The lowest BCUT2D eigenvalue weighted by molar-refractivity contribution is 0.666. The van der Waals surface area contributed by atoms with Crippen molar-refractivity contribution in [2.75, 3.05) is 0 Å². The van der Waals surface area contributed by atoms with Crippen LogP contribution in [-0.2, 0) is 12.8 Å². The van der Waals surface area contributed by atoms with E-state index < -0.39 is 0 Å². The van der Waals surface area contributed by atoms with Crippen LogP contribution in [0.25, 0.3) is 0 Å². The van der Waals surface area contributed by atoms with Crippen LogP contribution in [0.3, 0.4) is 0 Å². The second kappa shape index (κ2) is 7.24. The summed E-state index contributed by atoms with van der Waals surface area (Å²) in [5.74, 6) is 0. The summed E-state index contributed by atoms with van der Waals surface area (Å²) in [4.78, 5) is 1.48. The van der Waals surface area contributed by atoms with E-state index in [1.807, 2.05) is 17.4 Å². The van der Waals surface area contributed by atoms with Crippen LogP contribution < -0.4 is 0 Å². The molecule has 0 aliphatic rings. The number of rotatable bonds is 7. The lowest BCUT2D eigenvalue weighted by atomic mass is 10.1. The molecule has 15 heavy (non-hydrogen) atoms. The fraction of sp³-hybridized carbons (Fsp3) is 0.538. The normalized spacial score (nSPS) is 10.5. The molecule has 1 aromatic rings. The van der Waals surface area contributed by atoms with E-state index in [2.05, 4.69) is 35.5 Å². The van der Waals surface area contributed by atoms with Crippen molar-refractivity contribution in [1.29, 1.82) is 0 Å². The van der Waals surface area contributed by atoms with E-state index in [0.717, 1.165) is 6.42 Å². The molecule has 0 nitrogen and oxygen atoms in total. The largest absolute Gasteiger partial charge is 0.133 e. The summed E-state index contributed by atoms with van der Waals surface area (Å²) >= 11 is 5.41. The first-order valence-electron chi connectivity index (χ1n) is 5.66. The molecule has 0 spiro atoms. The Morgan fingerprint density at radius 1 is 1.40 bits per heavy atom. The van der Waals surface area contributed by atoms with Gasteiger partial charge in [0, 0.05) is 4.88 Å². The summed E-state index contributed by atoms with van der Waals surface area (Å²) < 4.78 is 1.25. The molecule has 0 atom stereocenters. The fourth-order valence-corrected chi connectivity index (χ4v) is 3.48. The minimum atomic E-state index is 1.01. The first-order chi connectivity index (χ1) is 7.27. The van der Waals surface area contributed by atoms with Crippen molar-refractivity contribution in [2.45, 2.75) is 45.4 Å². The highest BCUT2D eigenvalue weighted by molar-refractivity contribution is 9.11. The van der Waals surface area contributed by atoms with Gasteiger partial charge in [-0.2, -0.15) is 0 Å². The van der Waals surface area contributed by atoms with E-state index in [0.29, 0.717) is 0 Å². The third-order valence-corrected chi connectivity index (χ3v) is 4.20. The van der Waals surface area contributed by atoms with E-state index in [4.69, 9.17) is 0 Å². The Hall–Kier alpha value is -0.0800. The van der Waals surface area contributed by atoms with Gasteiger partial charge in [-0.25, -0.2) is 0 Å². The van der Waals surface area contributed by atoms with Gasteiger partial charge in [-0.3, -0.25) is 0 Å². The fourth-order valence-electron chi connectivity index (χ4n) is 1.69. The number of thiophene rings is 1. The lowest BCUT2D eigenvalue weighted by Gasteiger charge is -2.01. The standard InChI is InChI=1S/C13H19BrS/c1-3-5-6-7-9-11-10-13(14)15-12(11)8-4-2/h4,10H,2-3,5-9H2,1H3. The number of hydrogen-bond acceptors (Lipinski definition) is 1. The molecule has 1 aromatic heterocycles. The molecule has 1 rings (SSSR count). The Balaban J connectivity index is 2.47. The van der Waals surface area contributed by atoms with Gasteiger partial charge in [0.15, 0.2) is 0 Å². The van der Waals surface area contributed by atoms with Crippen LogP contribution >= 0.6 is 27.3 Å². The van der Waals surface area contributed by atoms with Crippen LogP contribution in [0.1, 0.15) is 43.0 Å². The van der Waals surface area contributed by atoms with Crippen molar-refractivity contribution < 1.29 is 0 Å². The van der Waals surface area contributed by atoms with Gasteiger partial charge in [0.1, 0.15) is 0 Å². The minimum Gasteiger partial charge on any atom is -0.133 e. The van der Waals surface area contributed by atoms with E-state index >= 15 is 0 Å². The highest BCUT2D eigenvalue weighted by Crippen LogP contribution is 2.29. The third-order valence-electron chi connectivity index (χ3n) is 2.50. The molecule has 0 bridgehead atoms. The van der Waals surface area contributed by atoms with Gasteiger partial charge < -0.3 is 0 Å². The van der Waals surface area contributed by atoms with Crippen molar-refractivity contribution in [2.24, 2.45) is 0 Å². The molecule has 2 heteroatoms. The Kier molecular flexibility index (Phi) is 6.26. The summed E-state index contributed by atoms with van der Waals surface area (Å²) in [6.45, 7) is 6.06. The topological polar surface area (TPSA) is 0 Å². The first-order valence-corrected chi connectivity index (χ1v) is 7.26. The molecule has 0 unspecified atom stereocenters. The molecule has 84 valence electrons. The Morgan fingerprint density at radius 3 is 2.87 bits per heavy atom. The molecule has 0 amide bonds. The summed E-state index contributed by atoms with van der Waals surface area (Å²) in [6, 6.07) is 2.27. The molecule has 0 N–H and O–H groups in total. The maximum atomic E-state index is 3.81. The van der Waals surface area contributed by atoms with Gasteiger partial charge in [0.2, 0.25) is 0 Å². The number of unbranched alkanes of at least 4 members (excludes halogenated alkanes) is 3. The monoisotopic (exact) mass is 286 g/mol. The van der Waals surface area contributed by atoms with Crippen LogP contribution in [0.4, 0.5) is 0 Å². The Morgan fingerprint density at radius 2 is 2.20 bits per heavy atom. The Bertz CT molecular complexity index is 301. The first kappa shape index (κ1) is 13.0. The zero-order valence-corrected chi connectivity index (χ0v) is 11.8. The van der Waals surface area contributed by atoms with Crippen molar-refractivity contribution in [3.63, 3.8) is 0 Å². The van der Waals surface area contributed by atoms with E-state index in [1.54, 1.807) is 0 Å². The number of hydrogen-bond donors (Lipinski definition) is 0. The molecule has 0 aliphatic heterocycles. The molecular weight excluding hydrogens is 268 g/mol. The van der Waals surface area contributed by atoms with Crippen molar-refractivity contribution in [3.05, 3.63) is 32.9 Å². The zero-order chi connectivity index (χ0) is 11.1. The average molecular weight is 287 g/mol. The van der Waals surface area contributed by atoms with Gasteiger partial charge in [-0.05, 0) is 46.8 Å². The maximum Gasteiger partial charge on any atom is 0.0704 e. The van der Waals surface area contributed by atoms with Crippen molar-refractivity contribution in [3.8, 4) is 0 Å². The van der Waals surface area contributed by atoms with E-state index in [-0.39, 0.29) is 0 Å².